The number of terminal acetylenes is 1. The third-order valence-corrected chi connectivity index (χ3v) is 3.18. The van der Waals surface area contributed by atoms with Crippen molar-refractivity contribution in [1.29, 1.82) is 0 Å². The van der Waals surface area contributed by atoms with Crippen LogP contribution in [0.2, 0.25) is 0 Å². The Morgan fingerprint density at radius 3 is 2.50 bits per heavy atom. The van der Waals surface area contributed by atoms with E-state index in [1.54, 1.807) is 0 Å². The summed E-state index contributed by atoms with van der Waals surface area (Å²) in [4.78, 5) is 0. The Morgan fingerprint density at radius 1 is 1.38 bits per heavy atom. The maximum absolute atomic E-state index is 5.91. The summed E-state index contributed by atoms with van der Waals surface area (Å²) in [5, 5.41) is 3.52. The predicted octanol–water partition coefficient (Wildman–Crippen LogP) is 2.97. The molecule has 16 heavy (non-hydrogen) atoms. The Balaban J connectivity index is 4.39. The number of nitrogens with one attached hydrogen (secondary N) is 1. The van der Waals surface area contributed by atoms with Crippen molar-refractivity contribution in [1.82, 2.24) is 5.32 Å². The highest BCUT2D eigenvalue weighted by molar-refractivity contribution is 4.90. The van der Waals surface area contributed by atoms with Gasteiger partial charge in [-0.2, -0.15) is 0 Å². The second-order valence-electron chi connectivity index (χ2n) is 4.31. The van der Waals surface area contributed by atoms with Crippen molar-refractivity contribution in [3.8, 4) is 12.3 Å². The lowest BCUT2D eigenvalue weighted by atomic mass is 9.89. The number of rotatable bonds is 9. The zero-order chi connectivity index (χ0) is 12.4. The van der Waals surface area contributed by atoms with Crippen molar-refractivity contribution in [2.45, 2.75) is 65.0 Å². The van der Waals surface area contributed by atoms with Crippen LogP contribution in [0.4, 0.5) is 0 Å². The summed E-state index contributed by atoms with van der Waals surface area (Å²) in [5.41, 5.74) is -0.0701. The molecule has 0 saturated heterocycles. The molecule has 1 N–H and O–H groups in total. The summed E-state index contributed by atoms with van der Waals surface area (Å²) in [7, 11) is 0. The Morgan fingerprint density at radius 2 is 2.06 bits per heavy atom. The highest BCUT2D eigenvalue weighted by Crippen LogP contribution is 2.23. The number of ether oxygens (including phenoxy) is 1. The third-order valence-electron chi connectivity index (χ3n) is 3.18. The van der Waals surface area contributed by atoms with Gasteiger partial charge in [0.15, 0.2) is 0 Å². The van der Waals surface area contributed by atoms with Crippen molar-refractivity contribution in [2.24, 2.45) is 0 Å². The maximum atomic E-state index is 5.91. The van der Waals surface area contributed by atoms with E-state index in [1.807, 2.05) is 0 Å². The molecule has 0 aliphatic carbocycles. The SMILES string of the molecule is C#CCCCC(NCC)C(C)(CC)OCC. The van der Waals surface area contributed by atoms with Gasteiger partial charge in [0.05, 0.1) is 5.60 Å². The van der Waals surface area contributed by atoms with Crippen molar-refractivity contribution >= 4 is 0 Å². The lowest BCUT2D eigenvalue weighted by Crippen LogP contribution is -2.50. The highest BCUT2D eigenvalue weighted by Gasteiger charge is 2.31. The molecule has 94 valence electrons. The van der Waals surface area contributed by atoms with E-state index in [1.165, 1.54) is 0 Å². The normalized spacial score (nSPS) is 16.4. The first kappa shape index (κ1) is 15.5. The van der Waals surface area contributed by atoms with Gasteiger partial charge in [0.1, 0.15) is 0 Å². The first-order valence-electron chi connectivity index (χ1n) is 6.45. The van der Waals surface area contributed by atoms with E-state index in [0.717, 1.165) is 38.8 Å². The van der Waals surface area contributed by atoms with Crippen molar-refractivity contribution in [2.75, 3.05) is 13.2 Å². The van der Waals surface area contributed by atoms with Crippen LogP contribution < -0.4 is 5.32 Å². The predicted molar refractivity (Wildman–Crippen MR) is 70.5 cm³/mol. The van der Waals surface area contributed by atoms with Gasteiger partial charge in [-0.25, -0.2) is 0 Å². The van der Waals surface area contributed by atoms with Gasteiger partial charge in [0.25, 0.3) is 0 Å². The lowest BCUT2D eigenvalue weighted by molar-refractivity contribution is -0.0569. The van der Waals surface area contributed by atoms with Crippen LogP contribution in [-0.4, -0.2) is 24.8 Å². The molecule has 0 saturated carbocycles. The monoisotopic (exact) mass is 225 g/mol. The van der Waals surface area contributed by atoms with Gasteiger partial charge in [-0.3, -0.25) is 0 Å². The Labute approximate surface area is 101 Å². The Bertz CT molecular complexity index is 209. The van der Waals surface area contributed by atoms with E-state index in [9.17, 15) is 0 Å². The summed E-state index contributed by atoms with van der Waals surface area (Å²) in [6.07, 6.45) is 9.32. The molecule has 0 spiro atoms. The molecular formula is C14H27NO. The van der Waals surface area contributed by atoms with Crippen LogP contribution in [0.1, 0.15) is 53.4 Å². The molecule has 2 atom stereocenters. The van der Waals surface area contributed by atoms with Gasteiger partial charge in [-0.05, 0) is 39.7 Å². The van der Waals surface area contributed by atoms with Gasteiger partial charge in [-0.1, -0.05) is 13.8 Å². The van der Waals surface area contributed by atoms with E-state index < -0.39 is 0 Å². The average Bonchev–Trinajstić information content (AvgIpc) is 2.28. The molecule has 0 aliphatic heterocycles. The van der Waals surface area contributed by atoms with Crippen molar-refractivity contribution in [3.63, 3.8) is 0 Å². The van der Waals surface area contributed by atoms with Crippen molar-refractivity contribution in [3.05, 3.63) is 0 Å². The topological polar surface area (TPSA) is 21.3 Å². The van der Waals surface area contributed by atoms with Crippen molar-refractivity contribution < 1.29 is 4.74 Å². The molecule has 0 radical (unpaired) electrons. The molecule has 0 heterocycles. The van der Waals surface area contributed by atoms with Crippen LogP contribution in [0.3, 0.4) is 0 Å². The first-order chi connectivity index (χ1) is 7.64. The second-order valence-corrected chi connectivity index (χ2v) is 4.31. The fourth-order valence-corrected chi connectivity index (χ4v) is 2.06. The fourth-order valence-electron chi connectivity index (χ4n) is 2.06. The van der Waals surface area contributed by atoms with E-state index in [4.69, 9.17) is 11.2 Å². The molecule has 2 heteroatoms. The molecule has 0 rings (SSSR count). The van der Waals surface area contributed by atoms with Gasteiger partial charge in [0.2, 0.25) is 0 Å². The van der Waals surface area contributed by atoms with E-state index in [2.05, 4.69) is 38.9 Å². The molecule has 0 aromatic rings. The Hall–Kier alpha value is -0.520. The minimum Gasteiger partial charge on any atom is -0.374 e. The molecular weight excluding hydrogens is 198 g/mol. The summed E-state index contributed by atoms with van der Waals surface area (Å²) >= 11 is 0. The molecule has 0 amide bonds. The summed E-state index contributed by atoms with van der Waals surface area (Å²) in [6, 6.07) is 0.399. The number of unbranched alkanes of at least 4 members (excludes halogenated alkanes) is 1. The summed E-state index contributed by atoms with van der Waals surface area (Å²) in [6.45, 7) is 10.3. The molecule has 0 aliphatic rings. The first-order valence-corrected chi connectivity index (χ1v) is 6.45. The number of hydrogen-bond acceptors (Lipinski definition) is 2. The zero-order valence-corrected chi connectivity index (χ0v) is 11.3. The minimum atomic E-state index is -0.0701. The van der Waals surface area contributed by atoms with E-state index in [-0.39, 0.29) is 5.60 Å². The average molecular weight is 225 g/mol. The van der Waals surface area contributed by atoms with E-state index in [0.29, 0.717) is 6.04 Å². The quantitative estimate of drug-likeness (QED) is 0.481. The standard InChI is InChI=1S/C14H27NO/c1-6-10-11-12-13(15-8-3)14(5,7-2)16-9-4/h1,13,15H,7-12H2,2-5H3. The van der Waals surface area contributed by atoms with Crippen LogP contribution in [-0.2, 0) is 4.74 Å². The lowest BCUT2D eigenvalue weighted by Gasteiger charge is -2.37. The van der Waals surface area contributed by atoms with Crippen LogP contribution in [0, 0.1) is 12.3 Å². The third kappa shape index (κ3) is 5.01. The summed E-state index contributed by atoms with van der Waals surface area (Å²) < 4.78 is 5.91. The van der Waals surface area contributed by atoms with Gasteiger partial charge >= 0.3 is 0 Å². The smallest absolute Gasteiger partial charge is 0.0803 e. The van der Waals surface area contributed by atoms with Crippen LogP contribution in [0.5, 0.6) is 0 Å². The fraction of sp³-hybridized carbons (Fsp3) is 0.857. The maximum Gasteiger partial charge on any atom is 0.0803 e. The van der Waals surface area contributed by atoms with E-state index >= 15 is 0 Å². The summed E-state index contributed by atoms with van der Waals surface area (Å²) in [5.74, 6) is 2.70. The van der Waals surface area contributed by atoms with Gasteiger partial charge in [0, 0.05) is 19.1 Å². The number of hydrogen-bond donors (Lipinski definition) is 1. The largest absolute Gasteiger partial charge is 0.374 e. The highest BCUT2D eigenvalue weighted by atomic mass is 16.5. The molecule has 2 unspecified atom stereocenters. The zero-order valence-electron chi connectivity index (χ0n) is 11.3. The van der Waals surface area contributed by atoms with Crippen LogP contribution in [0.25, 0.3) is 0 Å². The second kappa shape index (κ2) is 8.61. The van der Waals surface area contributed by atoms with Gasteiger partial charge < -0.3 is 10.1 Å². The minimum absolute atomic E-state index is 0.0701. The van der Waals surface area contributed by atoms with Gasteiger partial charge in [-0.15, -0.1) is 12.3 Å². The van der Waals surface area contributed by atoms with Crippen LogP contribution in [0.15, 0.2) is 0 Å². The molecule has 0 fully saturated rings. The Kier molecular flexibility index (Phi) is 8.33. The molecule has 2 nitrogen and oxygen atoms in total. The molecule has 0 aromatic heterocycles. The number of likely N-dealkylation sites (N-methyl/N-ethyl adjacent to an activating group) is 1. The molecule has 0 bridgehead atoms. The van der Waals surface area contributed by atoms with Crippen LogP contribution >= 0.6 is 0 Å². The molecule has 0 aromatic carbocycles.